The largest absolute Gasteiger partial charge is 0.390 e. The van der Waals surface area contributed by atoms with Gasteiger partial charge in [0.15, 0.2) is 0 Å². The van der Waals surface area contributed by atoms with Crippen LogP contribution in [0.4, 0.5) is 0 Å². The first-order chi connectivity index (χ1) is 24.9. The maximum absolute atomic E-state index is 13.9. The van der Waals surface area contributed by atoms with E-state index in [1.54, 1.807) is 33.8 Å². The number of hydrogen-bond acceptors (Lipinski definition) is 9. The van der Waals surface area contributed by atoms with Crippen LogP contribution in [0.15, 0.2) is 12.7 Å². The van der Waals surface area contributed by atoms with Gasteiger partial charge < -0.3 is 47.0 Å². The number of rotatable bonds is 9. The topological polar surface area (TPSA) is 235 Å². The van der Waals surface area contributed by atoms with E-state index in [4.69, 9.17) is 0 Å². The summed E-state index contributed by atoms with van der Waals surface area (Å²) < 4.78 is 0. The molecule has 16 heteroatoms. The van der Waals surface area contributed by atoms with Gasteiger partial charge in [0, 0.05) is 6.54 Å². The van der Waals surface area contributed by atoms with E-state index in [-0.39, 0.29) is 31.2 Å². The van der Waals surface area contributed by atoms with Crippen LogP contribution in [-0.4, -0.2) is 118 Å². The Bertz CT molecular complexity index is 1370. The van der Waals surface area contributed by atoms with Gasteiger partial charge in [0.1, 0.15) is 42.3 Å². The van der Waals surface area contributed by atoms with Crippen LogP contribution >= 0.6 is 0 Å². The van der Waals surface area contributed by atoms with Crippen LogP contribution in [0.3, 0.4) is 0 Å². The maximum Gasteiger partial charge on any atom is 0.245 e. The minimum Gasteiger partial charge on any atom is -0.390 e. The van der Waals surface area contributed by atoms with Crippen LogP contribution < -0.4 is 31.9 Å². The molecule has 1 saturated carbocycles. The van der Waals surface area contributed by atoms with Crippen molar-refractivity contribution < 1.29 is 43.8 Å². The highest BCUT2D eigenvalue weighted by molar-refractivity contribution is 5.98. The number of aliphatic hydroxyl groups excluding tert-OH is 2. The fraction of sp³-hybridized carbons (Fsp3) is 0.757. The first-order valence-corrected chi connectivity index (χ1v) is 19.0. The lowest BCUT2D eigenvalue weighted by Gasteiger charge is -2.37. The van der Waals surface area contributed by atoms with Crippen LogP contribution in [0.5, 0.6) is 0 Å². The standard InChI is InChI=1S/C37H61N7O9/c1-9-19(5)17-24-32(48)39-22(8)37(53)44-16-12-11-13-25(44)33(49)43-28(30(46)23-14-15-23)36(52)41-26(20(6)10-2)34(50)38-21(7)31(47)42-27(35(51)40-24)29(45)18(3)4/h9,18-30,45-46H,1,10-17H2,2-8H3,(H,38,50)(H,39,48)(H,40,51)(H,41,52)(H,42,47)(H,43,49)/t19-,20-,21-,22-,24-,25+,26?,27-,28?,29+,30+/m0/s1. The van der Waals surface area contributed by atoms with Gasteiger partial charge >= 0.3 is 0 Å². The van der Waals surface area contributed by atoms with E-state index >= 15 is 0 Å². The number of amides is 7. The average molecular weight is 748 g/mol. The fourth-order valence-corrected chi connectivity index (χ4v) is 6.60. The third-order valence-electron chi connectivity index (χ3n) is 10.6. The Balaban J connectivity index is 2.08. The van der Waals surface area contributed by atoms with Crippen LogP contribution in [-0.2, 0) is 33.6 Å². The second-order valence-corrected chi connectivity index (χ2v) is 15.4. The first-order valence-electron chi connectivity index (χ1n) is 19.0. The van der Waals surface area contributed by atoms with E-state index in [1.807, 2.05) is 6.92 Å². The lowest BCUT2D eigenvalue weighted by molar-refractivity contribution is -0.146. The second-order valence-electron chi connectivity index (χ2n) is 15.4. The van der Waals surface area contributed by atoms with Gasteiger partial charge in [-0.15, -0.1) is 6.58 Å². The zero-order valence-electron chi connectivity index (χ0n) is 32.1. The molecule has 53 heavy (non-hydrogen) atoms. The third kappa shape index (κ3) is 11.5. The summed E-state index contributed by atoms with van der Waals surface area (Å²) >= 11 is 0. The highest BCUT2D eigenvalue weighted by atomic mass is 16.3. The summed E-state index contributed by atoms with van der Waals surface area (Å²) in [6.45, 7) is 15.4. The van der Waals surface area contributed by atoms with Gasteiger partial charge in [-0.25, -0.2) is 0 Å². The van der Waals surface area contributed by atoms with E-state index in [0.29, 0.717) is 32.1 Å². The van der Waals surface area contributed by atoms with Crippen molar-refractivity contribution in [3.05, 3.63) is 12.7 Å². The Morgan fingerprint density at radius 3 is 1.87 bits per heavy atom. The molecular weight excluding hydrogens is 686 g/mol. The summed E-state index contributed by atoms with van der Waals surface area (Å²) in [6, 6.07) is -8.76. The van der Waals surface area contributed by atoms with Crippen LogP contribution in [0.2, 0.25) is 0 Å². The molecule has 0 bridgehead atoms. The quantitative estimate of drug-likeness (QED) is 0.140. The van der Waals surface area contributed by atoms with Gasteiger partial charge in [-0.3, -0.25) is 33.6 Å². The monoisotopic (exact) mass is 747 g/mol. The van der Waals surface area contributed by atoms with E-state index in [0.717, 1.165) is 0 Å². The van der Waals surface area contributed by atoms with Crippen molar-refractivity contribution in [2.24, 2.45) is 23.7 Å². The lowest BCUT2D eigenvalue weighted by Crippen LogP contribution is -2.63. The highest BCUT2D eigenvalue weighted by Crippen LogP contribution is 2.34. The van der Waals surface area contributed by atoms with Crippen molar-refractivity contribution in [3.63, 3.8) is 0 Å². The number of nitrogens with zero attached hydrogens (tertiary/aromatic N) is 1. The summed E-state index contributed by atoms with van der Waals surface area (Å²) in [5.74, 6) is -6.59. The summed E-state index contributed by atoms with van der Waals surface area (Å²) in [6.07, 6.45) is 2.22. The van der Waals surface area contributed by atoms with Crippen molar-refractivity contribution in [1.29, 1.82) is 0 Å². The fourth-order valence-electron chi connectivity index (χ4n) is 6.60. The molecule has 8 N–H and O–H groups in total. The number of fused-ring (bicyclic) bond motifs is 1. The molecule has 7 amide bonds. The molecule has 2 aliphatic heterocycles. The molecule has 16 nitrogen and oxygen atoms in total. The van der Waals surface area contributed by atoms with Crippen molar-refractivity contribution in [2.45, 2.75) is 148 Å². The lowest BCUT2D eigenvalue weighted by atomic mass is 9.96. The van der Waals surface area contributed by atoms with Gasteiger partial charge in [0.25, 0.3) is 0 Å². The average Bonchev–Trinajstić information content (AvgIpc) is 3.98. The Morgan fingerprint density at radius 2 is 1.28 bits per heavy atom. The predicted molar refractivity (Wildman–Crippen MR) is 195 cm³/mol. The molecule has 2 heterocycles. The summed E-state index contributed by atoms with van der Waals surface area (Å²) in [4.78, 5) is 97.7. The van der Waals surface area contributed by atoms with Crippen molar-refractivity contribution >= 4 is 41.4 Å². The number of nitrogens with one attached hydrogen (secondary N) is 6. The molecule has 1 aliphatic carbocycles. The van der Waals surface area contributed by atoms with Gasteiger partial charge in [-0.1, -0.05) is 47.1 Å². The number of carbonyl (C=O) groups excluding carboxylic acids is 7. The molecule has 0 aromatic rings. The minimum atomic E-state index is -1.54. The molecule has 2 saturated heterocycles. The Labute approximate surface area is 312 Å². The third-order valence-corrected chi connectivity index (χ3v) is 10.6. The maximum atomic E-state index is 13.9. The van der Waals surface area contributed by atoms with E-state index < -0.39 is 108 Å². The zero-order chi connectivity index (χ0) is 39.7. The Morgan fingerprint density at radius 1 is 0.717 bits per heavy atom. The molecule has 3 rings (SSSR count). The van der Waals surface area contributed by atoms with Crippen molar-refractivity contribution in [2.75, 3.05) is 6.54 Å². The molecule has 0 spiro atoms. The summed E-state index contributed by atoms with van der Waals surface area (Å²) in [5, 5.41) is 38.0. The first kappa shape index (κ1) is 43.4. The van der Waals surface area contributed by atoms with Gasteiger partial charge in [-0.05, 0) is 76.0 Å². The molecule has 0 aromatic carbocycles. The summed E-state index contributed by atoms with van der Waals surface area (Å²) in [7, 11) is 0. The second kappa shape index (κ2) is 19.3. The summed E-state index contributed by atoms with van der Waals surface area (Å²) in [5.41, 5.74) is 0. The smallest absolute Gasteiger partial charge is 0.245 e. The van der Waals surface area contributed by atoms with Gasteiger partial charge in [0.05, 0.1) is 12.2 Å². The van der Waals surface area contributed by atoms with Gasteiger partial charge in [0.2, 0.25) is 41.4 Å². The normalized spacial score (nSPS) is 31.2. The minimum absolute atomic E-state index is 0.0738. The number of hydrogen-bond donors (Lipinski definition) is 8. The number of carbonyl (C=O) groups is 7. The van der Waals surface area contributed by atoms with Crippen molar-refractivity contribution in [1.82, 2.24) is 36.8 Å². The zero-order valence-corrected chi connectivity index (χ0v) is 32.1. The van der Waals surface area contributed by atoms with Gasteiger partial charge in [-0.2, -0.15) is 0 Å². The SMILES string of the molecule is C=C[C@H](C)C[C@@H]1NC(=O)[C@H]([C@H](O)C(C)C)NC(=O)[C@H](C)NC(=O)C([C@@H](C)CC)NC(=O)C([C@H](O)C2CC2)NC(=O)[C@H]2CCCCN2C(=O)[C@H](C)NC1=O. The van der Waals surface area contributed by atoms with Crippen LogP contribution in [0.1, 0.15) is 93.4 Å². The Hall–Kier alpha value is -4.05. The van der Waals surface area contributed by atoms with E-state index in [1.165, 1.54) is 18.7 Å². The molecule has 2 unspecified atom stereocenters. The Kier molecular flexibility index (Phi) is 15.8. The highest BCUT2D eigenvalue weighted by Gasteiger charge is 2.44. The molecular formula is C37H61N7O9. The number of aliphatic hydroxyl groups is 2. The molecule has 0 aromatic heterocycles. The molecule has 11 atom stereocenters. The molecule has 3 aliphatic rings. The number of allylic oxidation sites excluding steroid dienone is 1. The predicted octanol–water partition coefficient (Wildman–Crippen LogP) is -0.624. The molecule has 0 radical (unpaired) electrons. The molecule has 298 valence electrons. The van der Waals surface area contributed by atoms with Crippen LogP contribution in [0.25, 0.3) is 0 Å². The molecule has 3 fully saturated rings. The van der Waals surface area contributed by atoms with E-state index in [9.17, 15) is 43.8 Å². The van der Waals surface area contributed by atoms with Crippen LogP contribution in [0, 0.1) is 23.7 Å². The number of piperidine rings is 1. The van der Waals surface area contributed by atoms with E-state index in [2.05, 4.69) is 38.5 Å². The van der Waals surface area contributed by atoms with Crippen molar-refractivity contribution in [3.8, 4) is 0 Å².